The van der Waals surface area contributed by atoms with Gasteiger partial charge in [0.25, 0.3) is 5.79 Å². The second kappa shape index (κ2) is 7.52. The van der Waals surface area contributed by atoms with E-state index in [1.165, 1.54) is 19.3 Å². The Balaban J connectivity index is 1.80. The molecular formula is C18H18ClF3O7S. The van der Waals surface area contributed by atoms with Crippen LogP contribution in [0.3, 0.4) is 0 Å². The third-order valence-corrected chi connectivity index (χ3v) is 6.35. The van der Waals surface area contributed by atoms with Gasteiger partial charge in [0.1, 0.15) is 5.76 Å². The monoisotopic (exact) mass is 470 g/mol. The van der Waals surface area contributed by atoms with Gasteiger partial charge in [0.2, 0.25) is 0 Å². The number of methoxy groups -OCH3 is 1. The lowest BCUT2D eigenvalue weighted by molar-refractivity contribution is -0.114. The lowest BCUT2D eigenvalue weighted by Gasteiger charge is -2.34. The molecule has 1 aromatic rings. The minimum atomic E-state index is -5.71. The molecule has 3 rings (SSSR count). The molecule has 2 aliphatic rings. The van der Waals surface area contributed by atoms with E-state index in [2.05, 4.69) is 4.18 Å². The van der Waals surface area contributed by atoms with Gasteiger partial charge in [-0.2, -0.15) is 21.6 Å². The number of fused-ring (bicyclic) bond motifs is 1. The highest BCUT2D eigenvalue weighted by Crippen LogP contribution is 2.51. The third kappa shape index (κ3) is 3.92. The second-order valence-electron chi connectivity index (χ2n) is 7.03. The molecule has 0 radical (unpaired) electrons. The summed E-state index contributed by atoms with van der Waals surface area (Å²) in [5.41, 5.74) is -4.82. The Labute approximate surface area is 175 Å². The molecule has 0 fully saturated rings. The first kappa shape index (κ1) is 22.5. The summed E-state index contributed by atoms with van der Waals surface area (Å²) in [6, 6.07) is 1.41. The Morgan fingerprint density at radius 2 is 1.93 bits per heavy atom. The summed E-state index contributed by atoms with van der Waals surface area (Å²) in [6.45, 7) is 3.28. The lowest BCUT2D eigenvalue weighted by Crippen LogP contribution is -2.44. The van der Waals surface area contributed by atoms with Gasteiger partial charge in [0.15, 0.2) is 11.5 Å². The van der Waals surface area contributed by atoms with Crippen molar-refractivity contribution in [3.63, 3.8) is 0 Å². The molecular weight excluding hydrogens is 453 g/mol. The smallest absolute Gasteiger partial charge is 0.465 e. The number of halogens is 4. The minimum Gasteiger partial charge on any atom is -0.465 e. The number of allylic oxidation sites excluding steroid dienone is 2. The molecule has 1 aromatic carbocycles. The van der Waals surface area contributed by atoms with Gasteiger partial charge < -0.3 is 18.4 Å². The van der Waals surface area contributed by atoms with Crippen molar-refractivity contribution in [3.05, 3.63) is 34.1 Å². The van der Waals surface area contributed by atoms with Gasteiger partial charge >= 0.3 is 21.6 Å². The number of hydrogen-bond acceptors (Lipinski definition) is 7. The van der Waals surface area contributed by atoms with Gasteiger partial charge in [0.05, 0.1) is 17.7 Å². The number of hydrogen-bond donors (Lipinski definition) is 0. The highest BCUT2D eigenvalue weighted by molar-refractivity contribution is 7.87. The molecule has 166 valence electrons. The number of carbonyl (C=O) groups is 1. The van der Waals surface area contributed by atoms with Crippen molar-refractivity contribution in [2.75, 3.05) is 7.11 Å². The normalized spacial score (nSPS) is 23.7. The van der Waals surface area contributed by atoms with Crippen LogP contribution in [-0.2, 0) is 19.0 Å². The second-order valence-corrected chi connectivity index (χ2v) is 8.97. The molecule has 2 unspecified atom stereocenters. The van der Waals surface area contributed by atoms with Crippen LogP contribution in [0.25, 0.3) is 0 Å². The number of benzene rings is 1. The molecule has 0 aromatic heterocycles. The van der Waals surface area contributed by atoms with Crippen LogP contribution in [0.1, 0.15) is 42.1 Å². The SMILES string of the molecule is COC(=O)c1cc(Cl)c2c(c1C)OC(C)(C1CC=C(OS(=O)(=O)C(F)(F)F)CC1)O2. The highest BCUT2D eigenvalue weighted by Gasteiger charge is 2.50. The minimum absolute atomic E-state index is 0.0568. The first-order valence-electron chi connectivity index (χ1n) is 8.78. The zero-order chi connectivity index (χ0) is 22.5. The molecule has 0 N–H and O–H groups in total. The molecule has 0 bridgehead atoms. The third-order valence-electron chi connectivity index (χ3n) is 5.06. The van der Waals surface area contributed by atoms with E-state index in [4.69, 9.17) is 25.8 Å². The number of rotatable bonds is 4. The van der Waals surface area contributed by atoms with E-state index < -0.39 is 27.4 Å². The number of esters is 1. The zero-order valence-corrected chi connectivity index (χ0v) is 17.7. The van der Waals surface area contributed by atoms with Crippen molar-refractivity contribution in [3.8, 4) is 11.5 Å². The first-order chi connectivity index (χ1) is 13.8. The zero-order valence-electron chi connectivity index (χ0n) is 16.1. The van der Waals surface area contributed by atoms with Crippen LogP contribution in [0, 0.1) is 12.8 Å². The van der Waals surface area contributed by atoms with Crippen LogP contribution in [0.4, 0.5) is 13.2 Å². The van der Waals surface area contributed by atoms with Crippen molar-refractivity contribution in [2.24, 2.45) is 5.92 Å². The first-order valence-corrected chi connectivity index (χ1v) is 10.6. The van der Waals surface area contributed by atoms with Crippen molar-refractivity contribution in [2.45, 2.75) is 44.4 Å². The van der Waals surface area contributed by atoms with E-state index >= 15 is 0 Å². The summed E-state index contributed by atoms with van der Waals surface area (Å²) in [5.74, 6) is -1.93. The molecule has 0 saturated carbocycles. The fraction of sp³-hybridized carbons (Fsp3) is 0.500. The van der Waals surface area contributed by atoms with Crippen molar-refractivity contribution >= 4 is 27.7 Å². The predicted octanol–water partition coefficient (Wildman–Crippen LogP) is 4.47. The fourth-order valence-corrected chi connectivity index (χ4v) is 4.15. The predicted molar refractivity (Wildman–Crippen MR) is 98.7 cm³/mol. The summed E-state index contributed by atoms with van der Waals surface area (Å²) in [6.07, 6.45) is 1.60. The van der Waals surface area contributed by atoms with Crippen molar-refractivity contribution < 1.29 is 44.8 Å². The van der Waals surface area contributed by atoms with E-state index in [0.717, 1.165) is 0 Å². The summed E-state index contributed by atoms with van der Waals surface area (Å²) in [4.78, 5) is 11.9. The molecule has 0 saturated heterocycles. The Bertz CT molecular complexity index is 1020. The topological polar surface area (TPSA) is 88.1 Å². The Morgan fingerprint density at radius 3 is 2.47 bits per heavy atom. The van der Waals surface area contributed by atoms with Crippen LogP contribution in [0.15, 0.2) is 17.9 Å². The molecule has 1 heterocycles. The lowest BCUT2D eigenvalue weighted by atomic mass is 9.87. The van der Waals surface area contributed by atoms with E-state index in [-0.39, 0.29) is 53.0 Å². The summed E-state index contributed by atoms with van der Waals surface area (Å²) in [7, 11) is -4.48. The van der Waals surface area contributed by atoms with Crippen LogP contribution in [0.5, 0.6) is 11.5 Å². The standard InChI is InChI=1S/C18H18ClF3O7S/c1-9-12(16(23)26-3)8-13(19)15-14(9)27-17(2,28-15)10-4-6-11(7-5-10)29-30(24,25)18(20,21)22/h6,8,10H,4-5,7H2,1-3H3. The Kier molecular flexibility index (Phi) is 5.65. The van der Waals surface area contributed by atoms with Gasteiger partial charge in [-0.15, -0.1) is 0 Å². The summed E-state index contributed by atoms with van der Waals surface area (Å²) < 4.78 is 80.6. The van der Waals surface area contributed by atoms with E-state index in [0.29, 0.717) is 5.56 Å². The van der Waals surface area contributed by atoms with Crippen LogP contribution in [-0.4, -0.2) is 32.8 Å². The molecule has 7 nitrogen and oxygen atoms in total. The maximum absolute atomic E-state index is 12.5. The largest absolute Gasteiger partial charge is 0.534 e. The molecule has 12 heteroatoms. The number of carbonyl (C=O) groups excluding carboxylic acids is 1. The van der Waals surface area contributed by atoms with Crippen LogP contribution >= 0.6 is 11.6 Å². The van der Waals surface area contributed by atoms with Gasteiger partial charge in [-0.1, -0.05) is 11.6 Å². The molecule has 0 amide bonds. The Morgan fingerprint density at radius 1 is 1.30 bits per heavy atom. The number of ether oxygens (including phenoxy) is 3. The van der Waals surface area contributed by atoms with Crippen LogP contribution in [0.2, 0.25) is 5.02 Å². The van der Waals surface area contributed by atoms with Gasteiger partial charge in [-0.25, -0.2) is 4.79 Å². The van der Waals surface area contributed by atoms with Gasteiger partial charge in [-0.3, -0.25) is 0 Å². The fourth-order valence-electron chi connectivity index (χ4n) is 3.38. The molecule has 1 aliphatic carbocycles. The summed E-state index contributed by atoms with van der Waals surface area (Å²) >= 11 is 6.23. The van der Waals surface area contributed by atoms with Crippen molar-refractivity contribution in [1.82, 2.24) is 0 Å². The van der Waals surface area contributed by atoms with E-state index in [1.54, 1.807) is 13.8 Å². The maximum atomic E-state index is 12.5. The Hall–Kier alpha value is -2.14. The van der Waals surface area contributed by atoms with Gasteiger partial charge in [-0.05, 0) is 31.9 Å². The average molecular weight is 471 g/mol. The summed E-state index contributed by atoms with van der Waals surface area (Å²) in [5, 5.41) is 0.145. The molecule has 2 atom stereocenters. The van der Waals surface area contributed by atoms with Crippen LogP contribution < -0.4 is 9.47 Å². The van der Waals surface area contributed by atoms with Gasteiger partial charge in [0, 0.05) is 24.8 Å². The molecule has 0 spiro atoms. The van der Waals surface area contributed by atoms with Crippen molar-refractivity contribution in [1.29, 1.82) is 0 Å². The van der Waals surface area contributed by atoms with E-state index in [1.807, 2.05) is 0 Å². The van der Waals surface area contributed by atoms with E-state index in [9.17, 15) is 26.4 Å². The number of alkyl halides is 3. The quantitative estimate of drug-likeness (QED) is 0.364. The molecule has 30 heavy (non-hydrogen) atoms. The highest BCUT2D eigenvalue weighted by atomic mass is 35.5. The maximum Gasteiger partial charge on any atom is 0.534 e. The molecule has 1 aliphatic heterocycles. The average Bonchev–Trinajstić information content (AvgIpc) is 3.03.